The molecular formula is C15H21N3O3S. The number of likely N-dealkylation sites (tertiary alicyclic amines) is 1. The van der Waals surface area contributed by atoms with Gasteiger partial charge >= 0.3 is 0 Å². The molecule has 1 aromatic heterocycles. The van der Waals surface area contributed by atoms with Gasteiger partial charge in [0.1, 0.15) is 11.6 Å². The van der Waals surface area contributed by atoms with Crippen LogP contribution in [0.3, 0.4) is 0 Å². The molecule has 3 heterocycles. The molecule has 1 atom stereocenters. The molecule has 7 heteroatoms. The number of hydrogen-bond donors (Lipinski definition) is 1. The Kier molecular flexibility index (Phi) is 4.20. The summed E-state index contributed by atoms with van der Waals surface area (Å²) >= 11 is 1.61. The van der Waals surface area contributed by atoms with Gasteiger partial charge in [-0.2, -0.15) is 11.3 Å². The van der Waals surface area contributed by atoms with Crippen molar-refractivity contribution in [2.45, 2.75) is 18.1 Å². The van der Waals surface area contributed by atoms with Crippen molar-refractivity contribution in [3.05, 3.63) is 22.4 Å². The monoisotopic (exact) mass is 323 g/mol. The predicted octanol–water partition coefficient (Wildman–Crippen LogP) is -0.0518. The molecule has 0 bridgehead atoms. The zero-order valence-electron chi connectivity index (χ0n) is 12.9. The molecule has 2 saturated heterocycles. The molecule has 2 fully saturated rings. The summed E-state index contributed by atoms with van der Waals surface area (Å²) < 4.78 is 5.93. The van der Waals surface area contributed by atoms with E-state index >= 15 is 0 Å². The Morgan fingerprint density at radius 2 is 2.23 bits per heavy atom. The van der Waals surface area contributed by atoms with Gasteiger partial charge in [-0.15, -0.1) is 0 Å². The summed E-state index contributed by atoms with van der Waals surface area (Å²) in [6, 6.07) is 1.74. The van der Waals surface area contributed by atoms with Crippen molar-refractivity contribution in [1.82, 2.24) is 15.1 Å². The van der Waals surface area contributed by atoms with E-state index in [9.17, 15) is 9.59 Å². The highest BCUT2D eigenvalue weighted by molar-refractivity contribution is 7.07. The maximum atomic E-state index is 12.2. The lowest BCUT2D eigenvalue weighted by Gasteiger charge is -2.54. The molecular weight excluding hydrogens is 302 g/mol. The lowest BCUT2D eigenvalue weighted by atomic mass is 9.90. The van der Waals surface area contributed by atoms with E-state index in [2.05, 4.69) is 5.32 Å². The van der Waals surface area contributed by atoms with E-state index in [4.69, 9.17) is 4.74 Å². The van der Waals surface area contributed by atoms with Gasteiger partial charge < -0.3 is 15.0 Å². The normalized spacial score (nSPS) is 24.1. The quantitative estimate of drug-likeness (QED) is 0.847. The van der Waals surface area contributed by atoms with Crippen LogP contribution in [0.25, 0.3) is 0 Å². The van der Waals surface area contributed by atoms with Crippen LogP contribution in [0.5, 0.6) is 0 Å². The highest BCUT2D eigenvalue weighted by Gasteiger charge is 2.50. The molecule has 3 rings (SSSR count). The first-order valence-electron chi connectivity index (χ1n) is 7.38. The molecule has 2 aliphatic rings. The minimum atomic E-state index is -0.302. The van der Waals surface area contributed by atoms with E-state index in [0.29, 0.717) is 32.7 Å². The van der Waals surface area contributed by atoms with E-state index in [1.165, 1.54) is 0 Å². The van der Waals surface area contributed by atoms with Crippen LogP contribution >= 0.6 is 11.3 Å². The first kappa shape index (κ1) is 15.5. The van der Waals surface area contributed by atoms with Gasteiger partial charge in [0.15, 0.2) is 0 Å². The van der Waals surface area contributed by atoms with E-state index in [1.54, 1.807) is 18.4 Å². The third kappa shape index (κ3) is 2.88. The van der Waals surface area contributed by atoms with Crippen LogP contribution in [0.4, 0.5) is 0 Å². The van der Waals surface area contributed by atoms with Crippen LogP contribution in [0.15, 0.2) is 16.8 Å². The minimum Gasteiger partial charge on any atom is -0.368 e. The van der Waals surface area contributed by atoms with Crippen molar-refractivity contribution in [3.8, 4) is 0 Å². The molecule has 1 aromatic rings. The molecule has 0 aromatic carbocycles. The lowest BCUT2D eigenvalue weighted by molar-refractivity contribution is -0.200. The smallest absolute Gasteiger partial charge is 0.239 e. The maximum absolute atomic E-state index is 12.2. The average molecular weight is 323 g/mol. The number of ether oxygens (including phenoxy) is 1. The maximum Gasteiger partial charge on any atom is 0.239 e. The third-order valence-corrected chi connectivity index (χ3v) is 5.14. The van der Waals surface area contributed by atoms with Crippen molar-refractivity contribution < 1.29 is 14.3 Å². The molecule has 1 N–H and O–H groups in total. The Morgan fingerprint density at radius 1 is 1.45 bits per heavy atom. The number of thiophene rings is 1. The van der Waals surface area contributed by atoms with Gasteiger partial charge in [-0.1, -0.05) is 0 Å². The fourth-order valence-electron chi connectivity index (χ4n) is 3.13. The van der Waals surface area contributed by atoms with Gasteiger partial charge in [0.05, 0.1) is 26.1 Å². The van der Waals surface area contributed by atoms with Crippen molar-refractivity contribution in [3.63, 3.8) is 0 Å². The van der Waals surface area contributed by atoms with Gasteiger partial charge in [-0.3, -0.25) is 14.5 Å². The van der Waals surface area contributed by atoms with Gasteiger partial charge in [0.2, 0.25) is 11.8 Å². The summed E-state index contributed by atoms with van der Waals surface area (Å²) in [7, 11) is 3.56. The van der Waals surface area contributed by atoms with Crippen molar-refractivity contribution in [1.29, 1.82) is 0 Å². The number of nitrogens with one attached hydrogen (secondary N) is 1. The summed E-state index contributed by atoms with van der Waals surface area (Å²) in [6.07, 6.45) is 0.455. The number of amides is 2. The van der Waals surface area contributed by atoms with E-state index < -0.39 is 0 Å². The first-order chi connectivity index (χ1) is 10.5. The molecule has 0 radical (unpaired) electrons. The number of rotatable bonds is 3. The Bertz CT molecular complexity index is 554. The average Bonchev–Trinajstić information content (AvgIpc) is 2.96. The summed E-state index contributed by atoms with van der Waals surface area (Å²) in [4.78, 5) is 27.8. The Hall–Kier alpha value is -1.44. The molecule has 22 heavy (non-hydrogen) atoms. The fraction of sp³-hybridized carbons (Fsp3) is 0.600. The van der Waals surface area contributed by atoms with Crippen molar-refractivity contribution >= 4 is 23.2 Å². The van der Waals surface area contributed by atoms with Crippen LogP contribution in [0, 0.1) is 0 Å². The van der Waals surface area contributed by atoms with Gasteiger partial charge in [-0.25, -0.2) is 0 Å². The SMILES string of the molecule is CNC(=O)[C@@H]1COC2(CN(C(=O)Cc3ccsc3)C2)CN1C. The first-order valence-corrected chi connectivity index (χ1v) is 8.32. The Balaban J connectivity index is 1.52. The standard InChI is InChI=1S/C15H21N3O3S/c1-16-14(20)12-6-21-15(8-17(12)2)9-18(10-15)13(19)5-11-3-4-22-7-11/h3-4,7,12H,5-6,8-10H2,1-2H3,(H,16,20)/t12-/m0/s1. The Labute approximate surface area is 134 Å². The van der Waals surface area contributed by atoms with Crippen LogP contribution in [0.1, 0.15) is 5.56 Å². The molecule has 6 nitrogen and oxygen atoms in total. The van der Waals surface area contributed by atoms with E-state index in [-0.39, 0.29) is 23.5 Å². The van der Waals surface area contributed by atoms with Crippen LogP contribution < -0.4 is 5.32 Å². The largest absolute Gasteiger partial charge is 0.368 e. The number of carbonyl (C=O) groups excluding carboxylic acids is 2. The van der Waals surface area contributed by atoms with Gasteiger partial charge in [0, 0.05) is 13.6 Å². The van der Waals surface area contributed by atoms with E-state index in [1.807, 2.05) is 33.7 Å². The fourth-order valence-corrected chi connectivity index (χ4v) is 3.80. The molecule has 120 valence electrons. The lowest BCUT2D eigenvalue weighted by Crippen LogP contribution is -2.73. The zero-order valence-corrected chi connectivity index (χ0v) is 13.7. The van der Waals surface area contributed by atoms with Crippen molar-refractivity contribution in [2.24, 2.45) is 0 Å². The highest BCUT2D eigenvalue weighted by atomic mass is 32.1. The molecule has 2 aliphatic heterocycles. The summed E-state index contributed by atoms with van der Waals surface area (Å²) in [6.45, 7) is 2.28. The zero-order chi connectivity index (χ0) is 15.7. The van der Waals surface area contributed by atoms with Crippen LogP contribution in [0.2, 0.25) is 0 Å². The summed E-state index contributed by atoms with van der Waals surface area (Å²) in [5.74, 6) is 0.116. The minimum absolute atomic E-state index is 0.0259. The molecule has 2 amide bonds. The molecule has 1 spiro atoms. The molecule has 0 saturated carbocycles. The van der Waals surface area contributed by atoms with Crippen LogP contribution in [-0.2, 0) is 20.7 Å². The topological polar surface area (TPSA) is 61.9 Å². The van der Waals surface area contributed by atoms with Gasteiger partial charge in [-0.05, 0) is 29.4 Å². The predicted molar refractivity (Wildman–Crippen MR) is 83.8 cm³/mol. The number of likely N-dealkylation sites (N-methyl/N-ethyl adjacent to an activating group) is 2. The van der Waals surface area contributed by atoms with E-state index in [0.717, 1.165) is 5.56 Å². The second-order valence-electron chi connectivity index (χ2n) is 6.10. The van der Waals surface area contributed by atoms with Crippen molar-refractivity contribution in [2.75, 3.05) is 40.3 Å². The summed E-state index contributed by atoms with van der Waals surface area (Å²) in [5.41, 5.74) is 0.765. The van der Waals surface area contributed by atoms with Crippen LogP contribution in [-0.4, -0.2) is 73.6 Å². The molecule has 0 unspecified atom stereocenters. The third-order valence-electron chi connectivity index (χ3n) is 4.41. The number of morpholine rings is 1. The number of nitrogens with zero attached hydrogens (tertiary/aromatic N) is 2. The highest BCUT2D eigenvalue weighted by Crippen LogP contribution is 2.31. The van der Waals surface area contributed by atoms with Gasteiger partial charge in [0.25, 0.3) is 0 Å². The molecule has 0 aliphatic carbocycles. The number of hydrogen-bond acceptors (Lipinski definition) is 5. The second kappa shape index (κ2) is 5.98. The number of carbonyl (C=O) groups is 2. The Morgan fingerprint density at radius 3 is 2.82 bits per heavy atom. The second-order valence-corrected chi connectivity index (χ2v) is 6.88. The summed E-state index contributed by atoms with van der Waals surface area (Å²) in [5, 5.41) is 6.65.